The molecule has 0 radical (unpaired) electrons. The van der Waals surface area contributed by atoms with Crippen molar-refractivity contribution in [3.05, 3.63) is 49.1 Å². The maximum atomic E-state index is 11.9. The van der Waals surface area contributed by atoms with E-state index in [1.165, 1.54) is 0 Å². The molecule has 1 aromatic heterocycles. The summed E-state index contributed by atoms with van der Waals surface area (Å²) in [4.78, 5) is 17.7. The lowest BCUT2D eigenvalue weighted by molar-refractivity contribution is 0.208. The molecule has 0 spiro atoms. The summed E-state index contributed by atoms with van der Waals surface area (Å²) in [5.41, 5.74) is 1.11. The van der Waals surface area contributed by atoms with E-state index in [1.54, 1.807) is 17.4 Å². The molecule has 0 aliphatic heterocycles. The van der Waals surface area contributed by atoms with Crippen molar-refractivity contribution in [1.29, 1.82) is 0 Å². The molecule has 0 aliphatic carbocycles. The summed E-state index contributed by atoms with van der Waals surface area (Å²) in [6.07, 6.45) is 7.27. The van der Waals surface area contributed by atoms with Crippen LogP contribution in [0, 0.1) is 0 Å². The van der Waals surface area contributed by atoms with Gasteiger partial charge in [0.1, 0.15) is 0 Å². The molecule has 2 amide bonds. The number of anilines is 1. The van der Waals surface area contributed by atoms with E-state index in [0.29, 0.717) is 6.54 Å². The maximum Gasteiger partial charge on any atom is 0.317 e. The molecule has 6 heteroatoms. The lowest BCUT2D eigenvalue weighted by Crippen LogP contribution is -2.38. The van der Waals surface area contributed by atoms with E-state index in [0.717, 1.165) is 38.2 Å². The number of aromatic nitrogens is 2. The molecule has 0 bridgehead atoms. The number of carbonyl (C=O) groups excluding carboxylic acids is 1. The molecule has 2 N–H and O–H groups in total. The van der Waals surface area contributed by atoms with Crippen LogP contribution in [0.1, 0.15) is 12.8 Å². The SMILES string of the molecule is CN(CCCNc1ccccc1)C(=O)NCCCn1ccnc1. The Labute approximate surface area is 137 Å². The topological polar surface area (TPSA) is 62.2 Å². The van der Waals surface area contributed by atoms with Crippen molar-refractivity contribution in [2.45, 2.75) is 19.4 Å². The van der Waals surface area contributed by atoms with Gasteiger partial charge < -0.3 is 20.1 Å². The molecule has 0 fully saturated rings. The smallest absolute Gasteiger partial charge is 0.317 e. The Kier molecular flexibility index (Phi) is 6.97. The molecular weight excluding hydrogens is 290 g/mol. The van der Waals surface area contributed by atoms with Crippen LogP contribution in [0.3, 0.4) is 0 Å². The number of hydrogen-bond acceptors (Lipinski definition) is 3. The van der Waals surface area contributed by atoms with Crippen LogP contribution in [-0.2, 0) is 6.54 Å². The van der Waals surface area contributed by atoms with Crippen molar-refractivity contribution in [3.63, 3.8) is 0 Å². The lowest BCUT2D eigenvalue weighted by atomic mass is 10.3. The zero-order valence-corrected chi connectivity index (χ0v) is 13.6. The molecule has 0 aliphatic rings. The van der Waals surface area contributed by atoms with Gasteiger partial charge in [-0.3, -0.25) is 0 Å². The third-order valence-corrected chi connectivity index (χ3v) is 3.55. The van der Waals surface area contributed by atoms with Crippen LogP contribution >= 0.6 is 0 Å². The van der Waals surface area contributed by atoms with E-state index in [1.807, 2.05) is 48.1 Å². The number of hydrogen-bond donors (Lipinski definition) is 2. The minimum Gasteiger partial charge on any atom is -0.385 e. The lowest BCUT2D eigenvalue weighted by Gasteiger charge is -2.18. The quantitative estimate of drug-likeness (QED) is 0.699. The predicted octanol–water partition coefficient (Wildman–Crippen LogP) is 2.42. The first-order chi connectivity index (χ1) is 11.3. The molecule has 0 saturated heterocycles. The first kappa shape index (κ1) is 16.9. The zero-order valence-electron chi connectivity index (χ0n) is 13.6. The van der Waals surface area contributed by atoms with Crippen molar-refractivity contribution < 1.29 is 4.79 Å². The number of aryl methyl sites for hydroxylation is 1. The second-order valence-electron chi connectivity index (χ2n) is 5.45. The summed E-state index contributed by atoms with van der Waals surface area (Å²) in [7, 11) is 1.83. The molecule has 6 nitrogen and oxygen atoms in total. The van der Waals surface area contributed by atoms with Crippen molar-refractivity contribution >= 4 is 11.7 Å². The van der Waals surface area contributed by atoms with Gasteiger partial charge in [-0.25, -0.2) is 9.78 Å². The molecule has 124 valence electrons. The third kappa shape index (κ3) is 6.42. The highest BCUT2D eigenvalue weighted by atomic mass is 16.2. The van der Waals surface area contributed by atoms with E-state index in [9.17, 15) is 4.79 Å². The predicted molar refractivity (Wildman–Crippen MR) is 92.4 cm³/mol. The first-order valence-electron chi connectivity index (χ1n) is 7.99. The molecule has 1 aromatic carbocycles. The van der Waals surface area contributed by atoms with Crippen LogP contribution in [0.25, 0.3) is 0 Å². The molecular formula is C17H25N5O. The molecule has 1 heterocycles. The number of nitrogens with zero attached hydrogens (tertiary/aromatic N) is 3. The second kappa shape index (κ2) is 9.50. The molecule has 23 heavy (non-hydrogen) atoms. The highest BCUT2D eigenvalue weighted by Gasteiger charge is 2.06. The monoisotopic (exact) mass is 315 g/mol. The van der Waals surface area contributed by atoms with E-state index in [-0.39, 0.29) is 6.03 Å². The van der Waals surface area contributed by atoms with E-state index < -0.39 is 0 Å². The number of para-hydroxylation sites is 1. The number of urea groups is 1. The number of nitrogens with one attached hydrogen (secondary N) is 2. The van der Waals surface area contributed by atoms with Gasteiger partial charge in [0, 0.05) is 51.3 Å². The Morgan fingerprint density at radius 1 is 1.22 bits per heavy atom. The number of amides is 2. The summed E-state index contributed by atoms with van der Waals surface area (Å²) in [5.74, 6) is 0. The van der Waals surface area contributed by atoms with Crippen molar-refractivity contribution in [2.24, 2.45) is 0 Å². The Morgan fingerprint density at radius 3 is 2.78 bits per heavy atom. The Balaban J connectivity index is 1.52. The van der Waals surface area contributed by atoms with Gasteiger partial charge in [0.15, 0.2) is 0 Å². The minimum atomic E-state index is -0.0182. The summed E-state index contributed by atoms with van der Waals surface area (Å²) in [6, 6.07) is 10.1. The van der Waals surface area contributed by atoms with Crippen LogP contribution in [-0.4, -0.2) is 47.2 Å². The van der Waals surface area contributed by atoms with Crippen molar-refractivity contribution in [2.75, 3.05) is 32.0 Å². The first-order valence-corrected chi connectivity index (χ1v) is 7.99. The average Bonchev–Trinajstić information content (AvgIpc) is 3.09. The number of carbonyl (C=O) groups is 1. The van der Waals surface area contributed by atoms with Gasteiger partial charge in [0.2, 0.25) is 0 Å². The standard InChI is InChI=1S/C17H25N5O/c1-21(12-5-9-19-16-7-3-2-4-8-16)17(23)20-10-6-13-22-14-11-18-15-22/h2-4,7-8,11,14-15,19H,5-6,9-10,12-13H2,1H3,(H,20,23). The Morgan fingerprint density at radius 2 is 2.04 bits per heavy atom. The third-order valence-electron chi connectivity index (χ3n) is 3.55. The molecule has 0 saturated carbocycles. The van der Waals surface area contributed by atoms with Crippen molar-refractivity contribution in [1.82, 2.24) is 19.8 Å². The minimum absolute atomic E-state index is 0.0182. The van der Waals surface area contributed by atoms with Crippen LogP contribution in [0.2, 0.25) is 0 Å². The van der Waals surface area contributed by atoms with Crippen LogP contribution < -0.4 is 10.6 Å². The summed E-state index contributed by atoms with van der Waals surface area (Å²) < 4.78 is 2.01. The van der Waals surface area contributed by atoms with Crippen LogP contribution in [0.4, 0.5) is 10.5 Å². The highest BCUT2D eigenvalue weighted by Crippen LogP contribution is 2.04. The zero-order chi connectivity index (χ0) is 16.3. The fraction of sp³-hybridized carbons (Fsp3) is 0.412. The number of imidazole rings is 1. The average molecular weight is 315 g/mol. The molecule has 0 unspecified atom stereocenters. The second-order valence-corrected chi connectivity index (χ2v) is 5.45. The van der Waals surface area contributed by atoms with E-state index in [4.69, 9.17) is 0 Å². The van der Waals surface area contributed by atoms with Gasteiger partial charge in [-0.2, -0.15) is 0 Å². The Bertz CT molecular complexity index is 556. The normalized spacial score (nSPS) is 10.3. The van der Waals surface area contributed by atoms with Gasteiger partial charge in [-0.15, -0.1) is 0 Å². The highest BCUT2D eigenvalue weighted by molar-refractivity contribution is 5.73. The van der Waals surface area contributed by atoms with Crippen LogP contribution in [0.5, 0.6) is 0 Å². The largest absolute Gasteiger partial charge is 0.385 e. The van der Waals surface area contributed by atoms with Crippen molar-refractivity contribution in [3.8, 4) is 0 Å². The Hall–Kier alpha value is -2.50. The fourth-order valence-electron chi connectivity index (χ4n) is 2.22. The maximum absolute atomic E-state index is 11.9. The molecule has 2 aromatic rings. The van der Waals surface area contributed by atoms with Gasteiger partial charge in [-0.05, 0) is 25.0 Å². The van der Waals surface area contributed by atoms with E-state index in [2.05, 4.69) is 15.6 Å². The van der Waals surface area contributed by atoms with E-state index >= 15 is 0 Å². The van der Waals surface area contributed by atoms with Gasteiger partial charge in [0.05, 0.1) is 6.33 Å². The molecule has 0 atom stereocenters. The van der Waals surface area contributed by atoms with Gasteiger partial charge in [0.25, 0.3) is 0 Å². The number of rotatable bonds is 9. The number of benzene rings is 1. The van der Waals surface area contributed by atoms with Crippen LogP contribution in [0.15, 0.2) is 49.1 Å². The summed E-state index contributed by atoms with van der Waals surface area (Å²) in [5, 5.41) is 6.28. The molecule has 2 rings (SSSR count). The summed E-state index contributed by atoms with van der Waals surface area (Å²) >= 11 is 0. The van der Waals surface area contributed by atoms with Gasteiger partial charge in [-0.1, -0.05) is 18.2 Å². The fourth-order valence-corrected chi connectivity index (χ4v) is 2.22. The summed E-state index contributed by atoms with van der Waals surface area (Å²) in [6.45, 7) is 3.12. The van der Waals surface area contributed by atoms with Gasteiger partial charge >= 0.3 is 6.03 Å².